The smallest absolute Gasteiger partial charge is 0.163 e. The van der Waals surface area contributed by atoms with E-state index < -0.39 is 0 Å². The Morgan fingerprint density at radius 2 is 1.57 bits per heavy atom. The van der Waals surface area contributed by atoms with Crippen molar-refractivity contribution in [2.75, 3.05) is 5.75 Å². The monoisotopic (exact) mass is 296 g/mol. The molecule has 0 bridgehead atoms. The number of ketones is 1. The first kappa shape index (κ1) is 15.6. The lowest BCUT2D eigenvalue weighted by Gasteiger charge is -2.25. The van der Waals surface area contributed by atoms with Gasteiger partial charge in [0.05, 0.1) is 5.92 Å². The molecule has 2 rings (SSSR count). The molecule has 2 atom stereocenters. The second-order valence-electron chi connectivity index (χ2n) is 4.78. The van der Waals surface area contributed by atoms with Gasteiger partial charge in [0.25, 0.3) is 0 Å². The molecule has 0 aliphatic heterocycles. The Labute approximate surface area is 131 Å². The molecule has 0 unspecified atom stereocenters. The van der Waals surface area contributed by atoms with Crippen LogP contribution in [0.1, 0.15) is 29.2 Å². The third-order valence-corrected chi connectivity index (χ3v) is 4.68. The van der Waals surface area contributed by atoms with E-state index in [2.05, 4.69) is 25.6 Å². The Kier molecular flexibility index (Phi) is 5.82. The lowest BCUT2D eigenvalue weighted by molar-refractivity contribution is -0.116. The van der Waals surface area contributed by atoms with Gasteiger partial charge in [-0.25, -0.2) is 0 Å². The number of rotatable bonds is 7. The molecular formula is C19H20OS. The summed E-state index contributed by atoms with van der Waals surface area (Å²) in [6, 6.07) is 20.2. The SMILES string of the molecule is C=CC(=O)[C@@H](c1ccccc1)[C@@H](SCC)c1ccccc1. The molecule has 0 radical (unpaired) electrons. The van der Waals surface area contributed by atoms with Gasteiger partial charge in [-0.05, 0) is 23.0 Å². The quantitative estimate of drug-likeness (QED) is 0.667. The van der Waals surface area contributed by atoms with Crippen LogP contribution in [0.5, 0.6) is 0 Å². The lowest BCUT2D eigenvalue weighted by atomic mass is 9.88. The van der Waals surface area contributed by atoms with Crippen molar-refractivity contribution in [3.63, 3.8) is 0 Å². The van der Waals surface area contributed by atoms with Crippen LogP contribution >= 0.6 is 11.8 Å². The first-order chi connectivity index (χ1) is 10.3. The Morgan fingerprint density at radius 3 is 2.05 bits per heavy atom. The van der Waals surface area contributed by atoms with Crippen LogP contribution in [-0.4, -0.2) is 11.5 Å². The van der Waals surface area contributed by atoms with Crippen molar-refractivity contribution in [1.29, 1.82) is 0 Å². The predicted molar refractivity (Wildman–Crippen MR) is 91.7 cm³/mol. The van der Waals surface area contributed by atoms with Crippen molar-refractivity contribution in [3.8, 4) is 0 Å². The highest BCUT2D eigenvalue weighted by molar-refractivity contribution is 7.99. The van der Waals surface area contributed by atoms with E-state index in [1.54, 1.807) is 0 Å². The van der Waals surface area contributed by atoms with Gasteiger partial charge in [-0.3, -0.25) is 4.79 Å². The van der Waals surface area contributed by atoms with Crippen LogP contribution in [0.15, 0.2) is 73.3 Å². The minimum Gasteiger partial charge on any atom is -0.294 e. The largest absolute Gasteiger partial charge is 0.294 e. The number of carbonyl (C=O) groups excluding carboxylic acids is 1. The maximum atomic E-state index is 12.5. The molecule has 108 valence electrons. The average molecular weight is 296 g/mol. The van der Waals surface area contributed by atoms with E-state index in [1.807, 2.05) is 60.3 Å². The van der Waals surface area contributed by atoms with Crippen LogP contribution in [0.3, 0.4) is 0 Å². The molecule has 0 aliphatic rings. The van der Waals surface area contributed by atoms with E-state index in [1.165, 1.54) is 11.6 Å². The van der Waals surface area contributed by atoms with Crippen LogP contribution in [0.4, 0.5) is 0 Å². The standard InChI is InChI=1S/C19H20OS/c1-3-17(20)18(15-11-7-5-8-12-15)19(21-4-2)16-13-9-6-10-14-16/h3,5-14,18-19H,1,4H2,2H3/t18-,19+/m1/s1. The third-order valence-electron chi connectivity index (χ3n) is 3.44. The molecule has 0 spiro atoms. The molecule has 0 amide bonds. The van der Waals surface area contributed by atoms with Crippen LogP contribution in [0.2, 0.25) is 0 Å². The van der Waals surface area contributed by atoms with Crippen molar-refractivity contribution < 1.29 is 4.79 Å². The number of thioether (sulfide) groups is 1. The van der Waals surface area contributed by atoms with E-state index in [0.717, 1.165) is 11.3 Å². The summed E-state index contributed by atoms with van der Waals surface area (Å²) in [6.07, 6.45) is 1.45. The van der Waals surface area contributed by atoms with Crippen LogP contribution in [0, 0.1) is 0 Å². The minimum absolute atomic E-state index is 0.0796. The fourth-order valence-corrected chi connectivity index (χ4v) is 3.68. The van der Waals surface area contributed by atoms with Gasteiger partial charge in [0.15, 0.2) is 5.78 Å². The third kappa shape index (κ3) is 3.85. The summed E-state index contributed by atoms with van der Waals surface area (Å²) in [7, 11) is 0. The van der Waals surface area contributed by atoms with Crippen LogP contribution < -0.4 is 0 Å². The van der Waals surface area contributed by atoms with Crippen LogP contribution in [0.25, 0.3) is 0 Å². The summed E-state index contributed by atoms with van der Waals surface area (Å²) >= 11 is 1.81. The molecule has 0 N–H and O–H groups in total. The minimum atomic E-state index is -0.184. The van der Waals surface area contributed by atoms with Gasteiger partial charge >= 0.3 is 0 Å². The Morgan fingerprint density at radius 1 is 1.05 bits per heavy atom. The molecule has 0 saturated carbocycles. The summed E-state index contributed by atoms with van der Waals surface area (Å²) in [5.41, 5.74) is 2.24. The van der Waals surface area contributed by atoms with Gasteiger partial charge in [0, 0.05) is 5.25 Å². The Bertz CT molecular complexity index is 577. The summed E-state index contributed by atoms with van der Waals surface area (Å²) in [5, 5.41) is 0.115. The van der Waals surface area contributed by atoms with Gasteiger partial charge in [-0.2, -0.15) is 11.8 Å². The van der Waals surface area contributed by atoms with Crippen molar-refractivity contribution in [1.82, 2.24) is 0 Å². The van der Waals surface area contributed by atoms with Gasteiger partial charge in [0.2, 0.25) is 0 Å². The molecular weight excluding hydrogens is 276 g/mol. The molecule has 2 aromatic carbocycles. The number of carbonyl (C=O) groups is 1. The molecule has 0 fully saturated rings. The molecule has 0 heterocycles. The summed E-state index contributed by atoms with van der Waals surface area (Å²) in [6.45, 7) is 5.81. The highest BCUT2D eigenvalue weighted by Crippen LogP contribution is 2.42. The topological polar surface area (TPSA) is 17.1 Å². The van der Waals surface area contributed by atoms with E-state index in [-0.39, 0.29) is 17.0 Å². The highest BCUT2D eigenvalue weighted by Gasteiger charge is 2.29. The molecule has 2 aromatic rings. The van der Waals surface area contributed by atoms with Gasteiger partial charge in [-0.1, -0.05) is 74.2 Å². The van der Waals surface area contributed by atoms with Crippen LogP contribution in [-0.2, 0) is 4.79 Å². The number of hydrogen-bond acceptors (Lipinski definition) is 2. The Balaban J connectivity index is 2.46. The zero-order valence-electron chi connectivity index (χ0n) is 12.2. The molecule has 21 heavy (non-hydrogen) atoms. The van der Waals surface area contributed by atoms with Gasteiger partial charge < -0.3 is 0 Å². The van der Waals surface area contributed by atoms with E-state index in [0.29, 0.717) is 0 Å². The molecule has 0 aromatic heterocycles. The first-order valence-electron chi connectivity index (χ1n) is 7.15. The fourth-order valence-electron chi connectivity index (χ4n) is 2.48. The molecule has 0 aliphatic carbocycles. The second-order valence-corrected chi connectivity index (χ2v) is 6.20. The predicted octanol–water partition coefficient (Wildman–Crippen LogP) is 5.02. The lowest BCUT2D eigenvalue weighted by Crippen LogP contribution is -2.17. The van der Waals surface area contributed by atoms with Crippen molar-refractivity contribution in [2.45, 2.75) is 18.1 Å². The summed E-state index contributed by atoms with van der Waals surface area (Å²) in [5.74, 6) is 0.861. The fraction of sp³-hybridized carbons (Fsp3) is 0.211. The second kappa shape index (κ2) is 7.84. The summed E-state index contributed by atoms with van der Waals surface area (Å²) in [4.78, 5) is 12.5. The average Bonchev–Trinajstić information content (AvgIpc) is 2.56. The Hall–Kier alpha value is -1.80. The molecule has 2 heteroatoms. The van der Waals surface area contributed by atoms with E-state index in [9.17, 15) is 4.79 Å². The number of hydrogen-bond donors (Lipinski definition) is 0. The zero-order valence-corrected chi connectivity index (χ0v) is 13.1. The van der Waals surface area contributed by atoms with E-state index >= 15 is 0 Å². The molecule has 0 saturated heterocycles. The maximum absolute atomic E-state index is 12.5. The van der Waals surface area contributed by atoms with E-state index in [4.69, 9.17) is 0 Å². The van der Waals surface area contributed by atoms with Crippen molar-refractivity contribution >= 4 is 17.5 Å². The zero-order chi connectivity index (χ0) is 15.1. The number of benzene rings is 2. The highest BCUT2D eigenvalue weighted by atomic mass is 32.2. The maximum Gasteiger partial charge on any atom is 0.163 e. The normalized spacial score (nSPS) is 13.4. The van der Waals surface area contributed by atoms with Gasteiger partial charge in [-0.15, -0.1) is 0 Å². The van der Waals surface area contributed by atoms with Crippen molar-refractivity contribution in [3.05, 3.63) is 84.4 Å². The molecule has 1 nitrogen and oxygen atoms in total. The first-order valence-corrected chi connectivity index (χ1v) is 8.20. The summed E-state index contributed by atoms with van der Waals surface area (Å²) < 4.78 is 0. The van der Waals surface area contributed by atoms with Crippen molar-refractivity contribution in [2.24, 2.45) is 0 Å². The van der Waals surface area contributed by atoms with Gasteiger partial charge in [0.1, 0.15) is 0 Å². The number of allylic oxidation sites excluding steroid dienone is 1.